The zero-order valence-corrected chi connectivity index (χ0v) is 9.26. The number of nitrogens with zero attached hydrogens (tertiary/aromatic N) is 2. The molecule has 0 bridgehead atoms. The average molecular weight is 214 g/mol. The van der Waals surface area contributed by atoms with Crippen molar-refractivity contribution in [2.24, 2.45) is 0 Å². The summed E-state index contributed by atoms with van der Waals surface area (Å²) in [7, 11) is 0. The molecule has 1 aromatic heterocycles. The minimum atomic E-state index is 0.617. The van der Waals surface area contributed by atoms with Gasteiger partial charge in [0.1, 0.15) is 6.33 Å². The fraction of sp³-hybridized carbons (Fsp3) is 0.154. The van der Waals surface area contributed by atoms with E-state index in [0.717, 1.165) is 16.9 Å². The highest BCUT2D eigenvalue weighted by Crippen LogP contribution is 2.17. The van der Waals surface area contributed by atoms with Gasteiger partial charge in [0, 0.05) is 0 Å². The molecule has 0 spiro atoms. The summed E-state index contributed by atoms with van der Waals surface area (Å²) in [4.78, 5) is 4.31. The van der Waals surface area contributed by atoms with E-state index in [1.807, 2.05) is 41.8 Å². The van der Waals surface area contributed by atoms with Crippen LogP contribution in [0, 0.1) is 0 Å². The maximum atomic E-state index is 5.55. The summed E-state index contributed by atoms with van der Waals surface area (Å²) in [6.07, 6.45) is 5.30. The van der Waals surface area contributed by atoms with Gasteiger partial charge in [-0.3, -0.25) is 4.57 Å². The summed E-state index contributed by atoms with van der Waals surface area (Å²) < 4.78 is 7.46. The smallest absolute Gasteiger partial charge is 0.199 e. The van der Waals surface area contributed by atoms with Crippen molar-refractivity contribution in [3.63, 3.8) is 0 Å². The first-order chi connectivity index (χ1) is 7.86. The third-order valence-corrected chi connectivity index (χ3v) is 2.24. The van der Waals surface area contributed by atoms with E-state index < -0.39 is 0 Å². The zero-order chi connectivity index (χ0) is 11.4. The van der Waals surface area contributed by atoms with Gasteiger partial charge in [0.15, 0.2) is 5.88 Å². The lowest BCUT2D eigenvalue weighted by Crippen LogP contribution is -1.99. The van der Waals surface area contributed by atoms with E-state index in [2.05, 4.69) is 11.6 Å². The first-order valence-corrected chi connectivity index (χ1v) is 5.24. The number of hydrogen-bond donors (Lipinski definition) is 0. The summed E-state index contributed by atoms with van der Waals surface area (Å²) in [5.41, 5.74) is 1.99. The van der Waals surface area contributed by atoms with Crippen molar-refractivity contribution < 1.29 is 4.74 Å². The number of rotatable bonds is 4. The maximum Gasteiger partial charge on any atom is 0.199 e. The van der Waals surface area contributed by atoms with Crippen LogP contribution in [0.5, 0.6) is 0 Å². The van der Waals surface area contributed by atoms with Crippen LogP contribution in [-0.2, 0) is 4.74 Å². The SMILES string of the molecule is C=C/C=C(/OCC)n1cnc2ccccc21. The van der Waals surface area contributed by atoms with Gasteiger partial charge < -0.3 is 4.74 Å². The molecule has 0 amide bonds. The number of imidazole rings is 1. The summed E-state index contributed by atoms with van der Waals surface area (Å²) in [5, 5.41) is 0. The molecular formula is C13H14N2O. The number of allylic oxidation sites excluding steroid dienone is 2. The second kappa shape index (κ2) is 4.66. The van der Waals surface area contributed by atoms with Crippen LogP contribution in [0.25, 0.3) is 16.9 Å². The third-order valence-electron chi connectivity index (χ3n) is 2.24. The number of benzene rings is 1. The fourth-order valence-corrected chi connectivity index (χ4v) is 1.58. The van der Waals surface area contributed by atoms with Crippen molar-refractivity contribution in [1.29, 1.82) is 0 Å². The van der Waals surface area contributed by atoms with Crippen molar-refractivity contribution in [1.82, 2.24) is 9.55 Å². The number of para-hydroxylation sites is 2. The van der Waals surface area contributed by atoms with E-state index in [0.29, 0.717) is 6.61 Å². The molecule has 0 aliphatic heterocycles. The van der Waals surface area contributed by atoms with Gasteiger partial charge in [0.2, 0.25) is 0 Å². The van der Waals surface area contributed by atoms with E-state index in [-0.39, 0.29) is 0 Å². The van der Waals surface area contributed by atoms with Gasteiger partial charge in [-0.05, 0) is 25.1 Å². The van der Waals surface area contributed by atoms with Crippen LogP contribution in [-0.4, -0.2) is 16.2 Å². The lowest BCUT2D eigenvalue weighted by atomic mass is 10.3. The molecule has 0 unspecified atom stereocenters. The van der Waals surface area contributed by atoms with Gasteiger partial charge in [-0.2, -0.15) is 0 Å². The molecule has 3 nitrogen and oxygen atoms in total. The van der Waals surface area contributed by atoms with Crippen LogP contribution in [0.3, 0.4) is 0 Å². The first-order valence-electron chi connectivity index (χ1n) is 5.24. The lowest BCUT2D eigenvalue weighted by Gasteiger charge is -2.09. The number of hydrogen-bond acceptors (Lipinski definition) is 2. The predicted molar refractivity (Wildman–Crippen MR) is 65.8 cm³/mol. The molecule has 1 aromatic carbocycles. The van der Waals surface area contributed by atoms with E-state index in [9.17, 15) is 0 Å². The molecule has 0 fully saturated rings. The number of aromatic nitrogens is 2. The standard InChI is InChI=1S/C13H14N2O/c1-3-7-13(16-4-2)15-10-14-11-8-5-6-9-12(11)15/h3,5-10H,1,4H2,2H3/b13-7+. The van der Waals surface area contributed by atoms with Gasteiger partial charge >= 0.3 is 0 Å². The summed E-state index contributed by atoms with van der Waals surface area (Å²) in [6, 6.07) is 7.94. The lowest BCUT2D eigenvalue weighted by molar-refractivity contribution is 0.279. The van der Waals surface area contributed by atoms with Gasteiger partial charge in [-0.15, -0.1) is 0 Å². The quantitative estimate of drug-likeness (QED) is 0.577. The van der Waals surface area contributed by atoms with Crippen molar-refractivity contribution in [3.05, 3.63) is 49.3 Å². The van der Waals surface area contributed by atoms with E-state index in [1.54, 1.807) is 12.4 Å². The summed E-state index contributed by atoms with van der Waals surface area (Å²) in [5.74, 6) is 0.742. The molecule has 0 aliphatic carbocycles. The van der Waals surface area contributed by atoms with E-state index in [1.165, 1.54) is 0 Å². The topological polar surface area (TPSA) is 27.1 Å². The van der Waals surface area contributed by atoms with Crippen molar-refractivity contribution in [2.75, 3.05) is 6.61 Å². The van der Waals surface area contributed by atoms with Crippen LogP contribution >= 0.6 is 0 Å². The highest BCUT2D eigenvalue weighted by molar-refractivity contribution is 5.78. The Morgan fingerprint density at radius 1 is 1.50 bits per heavy atom. The Kier molecular flexibility index (Phi) is 3.05. The second-order valence-corrected chi connectivity index (χ2v) is 3.28. The molecular weight excluding hydrogens is 200 g/mol. The highest BCUT2D eigenvalue weighted by atomic mass is 16.5. The molecule has 16 heavy (non-hydrogen) atoms. The first kappa shape index (κ1) is 10.5. The average Bonchev–Trinajstić information content (AvgIpc) is 2.72. The monoisotopic (exact) mass is 214 g/mol. The van der Waals surface area contributed by atoms with Crippen molar-refractivity contribution >= 4 is 16.9 Å². The van der Waals surface area contributed by atoms with Gasteiger partial charge in [-0.1, -0.05) is 24.8 Å². The Balaban J connectivity index is 2.52. The Bertz CT molecular complexity index is 525. The zero-order valence-electron chi connectivity index (χ0n) is 9.26. The minimum Gasteiger partial charge on any atom is -0.479 e. The Morgan fingerprint density at radius 3 is 3.06 bits per heavy atom. The third kappa shape index (κ3) is 1.84. The number of fused-ring (bicyclic) bond motifs is 1. The van der Waals surface area contributed by atoms with E-state index in [4.69, 9.17) is 4.74 Å². The molecule has 0 radical (unpaired) electrons. The van der Waals surface area contributed by atoms with Crippen molar-refractivity contribution in [3.8, 4) is 0 Å². The Morgan fingerprint density at radius 2 is 2.31 bits per heavy atom. The second-order valence-electron chi connectivity index (χ2n) is 3.28. The number of ether oxygens (including phenoxy) is 1. The normalized spacial score (nSPS) is 11.7. The molecule has 2 rings (SSSR count). The van der Waals surface area contributed by atoms with Gasteiger partial charge in [0.25, 0.3) is 0 Å². The van der Waals surface area contributed by atoms with Crippen LogP contribution < -0.4 is 0 Å². The van der Waals surface area contributed by atoms with Crippen molar-refractivity contribution in [2.45, 2.75) is 6.92 Å². The fourth-order valence-electron chi connectivity index (χ4n) is 1.58. The minimum absolute atomic E-state index is 0.617. The molecule has 1 heterocycles. The van der Waals surface area contributed by atoms with Crippen LogP contribution in [0.4, 0.5) is 0 Å². The summed E-state index contributed by atoms with van der Waals surface area (Å²) in [6.45, 7) is 6.25. The largest absolute Gasteiger partial charge is 0.479 e. The van der Waals surface area contributed by atoms with Gasteiger partial charge in [0.05, 0.1) is 17.6 Å². The van der Waals surface area contributed by atoms with Gasteiger partial charge in [-0.25, -0.2) is 4.98 Å². The van der Waals surface area contributed by atoms with E-state index >= 15 is 0 Å². The molecule has 82 valence electrons. The molecule has 2 aromatic rings. The maximum absolute atomic E-state index is 5.55. The molecule has 0 atom stereocenters. The molecule has 0 aliphatic rings. The molecule has 0 saturated carbocycles. The van der Waals surface area contributed by atoms with Crippen LogP contribution in [0.2, 0.25) is 0 Å². The van der Waals surface area contributed by atoms with Crippen LogP contribution in [0.15, 0.2) is 49.3 Å². The Hall–Kier alpha value is -2.03. The predicted octanol–water partition coefficient (Wildman–Crippen LogP) is 3.06. The molecule has 0 N–H and O–H groups in total. The highest BCUT2D eigenvalue weighted by Gasteiger charge is 2.05. The Labute approximate surface area is 94.7 Å². The molecule has 0 saturated heterocycles. The van der Waals surface area contributed by atoms with Crippen LogP contribution in [0.1, 0.15) is 6.92 Å². The summed E-state index contributed by atoms with van der Waals surface area (Å²) >= 11 is 0. The molecule has 3 heteroatoms.